The monoisotopic (exact) mass is 339 g/mol. The first-order valence-electron chi connectivity index (χ1n) is 7.81. The minimum Gasteiger partial charge on any atom is -0.465 e. The maximum Gasteiger partial charge on any atom is 0.337 e. The van der Waals surface area contributed by atoms with Crippen molar-refractivity contribution in [1.82, 2.24) is 9.97 Å². The lowest BCUT2D eigenvalue weighted by Crippen LogP contribution is -2.18. The van der Waals surface area contributed by atoms with Crippen LogP contribution in [0.1, 0.15) is 36.0 Å². The van der Waals surface area contributed by atoms with Gasteiger partial charge in [-0.1, -0.05) is 0 Å². The number of nitrogens with one attached hydrogen (secondary N) is 2. The average Bonchev–Trinajstić information content (AvgIpc) is 3.28. The number of esters is 1. The molecule has 3 rings (SSSR count). The summed E-state index contributed by atoms with van der Waals surface area (Å²) in [4.78, 5) is 30.9. The highest BCUT2D eigenvalue weighted by Crippen LogP contribution is 2.37. The molecular weight excluding hydrogens is 322 g/mol. The van der Waals surface area contributed by atoms with Gasteiger partial charge in [0.25, 0.3) is 0 Å². The molecule has 0 spiro atoms. The quantitative estimate of drug-likeness (QED) is 0.597. The molecule has 128 valence electrons. The van der Waals surface area contributed by atoms with Crippen LogP contribution in [-0.2, 0) is 9.53 Å². The predicted octanol–water partition coefficient (Wildman–Crippen LogP) is 2.64. The van der Waals surface area contributed by atoms with E-state index >= 15 is 0 Å². The van der Waals surface area contributed by atoms with E-state index in [-0.39, 0.29) is 12.3 Å². The lowest BCUT2D eigenvalue weighted by Gasteiger charge is -2.07. The highest BCUT2D eigenvalue weighted by molar-refractivity contribution is 5.95. The average molecular weight is 339 g/mol. The summed E-state index contributed by atoms with van der Waals surface area (Å²) in [5, 5.41) is 10.7. The third kappa shape index (κ3) is 3.83. The van der Waals surface area contributed by atoms with E-state index in [1.54, 1.807) is 18.2 Å². The van der Waals surface area contributed by atoms with Crippen LogP contribution in [0, 0.1) is 12.3 Å². The molecule has 0 bridgehead atoms. The van der Waals surface area contributed by atoms with Gasteiger partial charge in [0.2, 0.25) is 11.9 Å². The van der Waals surface area contributed by atoms with E-state index in [0.717, 1.165) is 0 Å². The van der Waals surface area contributed by atoms with E-state index in [0.29, 0.717) is 41.8 Å². The normalized spacial score (nSPS) is 14.1. The number of hydrogen-bond donors (Lipinski definition) is 2. The third-order valence-corrected chi connectivity index (χ3v) is 3.97. The van der Waals surface area contributed by atoms with Crippen LogP contribution >= 0.6 is 0 Å². The first-order chi connectivity index (χ1) is 12.0. The number of fused-ring (bicyclic) bond motifs is 1. The smallest absolute Gasteiger partial charge is 0.337 e. The second-order valence-electron chi connectivity index (χ2n) is 5.74. The van der Waals surface area contributed by atoms with Gasteiger partial charge in [0.1, 0.15) is 0 Å². The van der Waals surface area contributed by atoms with Gasteiger partial charge < -0.3 is 9.72 Å². The number of rotatable bonds is 7. The van der Waals surface area contributed by atoms with Gasteiger partial charge in [-0.2, -0.15) is 10.2 Å². The van der Waals surface area contributed by atoms with Crippen molar-refractivity contribution in [3.8, 4) is 12.3 Å². The van der Waals surface area contributed by atoms with Gasteiger partial charge in [0.05, 0.1) is 23.7 Å². The van der Waals surface area contributed by atoms with Crippen LogP contribution in [0.25, 0.3) is 11.0 Å². The molecule has 2 heterocycles. The molecule has 0 aliphatic carbocycles. The molecule has 1 aliphatic heterocycles. The molecule has 8 nitrogen and oxygen atoms in total. The SMILES string of the molecule is C#CCCC1(CCC(=O)Nc2nc3ccc(C(=O)OC)cc3[nH]2)N=N1. The zero-order valence-electron chi connectivity index (χ0n) is 13.7. The number of benzene rings is 1. The van der Waals surface area contributed by atoms with E-state index in [1.807, 2.05) is 0 Å². The van der Waals surface area contributed by atoms with Gasteiger partial charge in [-0.15, -0.1) is 12.3 Å². The highest BCUT2D eigenvalue weighted by Gasteiger charge is 2.39. The summed E-state index contributed by atoms with van der Waals surface area (Å²) in [6, 6.07) is 4.93. The molecule has 2 aromatic rings. The molecule has 0 atom stereocenters. The largest absolute Gasteiger partial charge is 0.465 e. The van der Waals surface area contributed by atoms with E-state index in [1.165, 1.54) is 7.11 Å². The standard InChI is InChI=1S/C17H17N5O3/c1-3-4-8-17(21-22-17)9-7-14(23)20-16-18-12-6-5-11(15(24)25-2)10-13(12)19-16/h1,5-6,10H,4,7-9H2,2H3,(H2,18,19,20,23). The Morgan fingerprint density at radius 2 is 2.16 bits per heavy atom. The molecule has 0 fully saturated rings. The van der Waals surface area contributed by atoms with Crippen LogP contribution in [0.4, 0.5) is 5.95 Å². The lowest BCUT2D eigenvalue weighted by atomic mass is 10.0. The Bertz CT molecular complexity index is 887. The van der Waals surface area contributed by atoms with Crippen molar-refractivity contribution in [2.75, 3.05) is 12.4 Å². The maximum absolute atomic E-state index is 12.1. The zero-order chi connectivity index (χ0) is 17.9. The van der Waals surface area contributed by atoms with Crippen molar-refractivity contribution >= 4 is 28.9 Å². The first kappa shape index (κ1) is 16.6. The fourth-order valence-corrected chi connectivity index (χ4v) is 2.49. The Kier molecular flexibility index (Phi) is 4.48. The van der Waals surface area contributed by atoms with Crippen molar-refractivity contribution in [2.45, 2.75) is 31.3 Å². The molecule has 0 saturated heterocycles. The van der Waals surface area contributed by atoms with Gasteiger partial charge in [0.15, 0.2) is 5.66 Å². The Morgan fingerprint density at radius 1 is 1.36 bits per heavy atom. The summed E-state index contributed by atoms with van der Waals surface area (Å²) in [7, 11) is 1.32. The molecule has 2 N–H and O–H groups in total. The number of methoxy groups -OCH3 is 1. The van der Waals surface area contributed by atoms with Crippen molar-refractivity contribution < 1.29 is 14.3 Å². The number of amides is 1. The Balaban J connectivity index is 1.60. The molecule has 8 heteroatoms. The van der Waals surface area contributed by atoms with Crippen LogP contribution < -0.4 is 5.32 Å². The molecule has 1 aliphatic rings. The van der Waals surface area contributed by atoms with Gasteiger partial charge in [-0.3, -0.25) is 10.1 Å². The van der Waals surface area contributed by atoms with Gasteiger partial charge in [0, 0.05) is 25.7 Å². The summed E-state index contributed by atoms with van der Waals surface area (Å²) in [6.45, 7) is 0. The molecular formula is C17H17N5O3. The summed E-state index contributed by atoms with van der Waals surface area (Å²) in [5.41, 5.74) is 1.20. The number of nitrogens with zero attached hydrogens (tertiary/aromatic N) is 3. The highest BCUT2D eigenvalue weighted by atomic mass is 16.5. The second kappa shape index (κ2) is 6.73. The third-order valence-electron chi connectivity index (χ3n) is 3.97. The number of anilines is 1. The number of hydrogen-bond acceptors (Lipinski definition) is 6. The van der Waals surface area contributed by atoms with Crippen LogP contribution in [0.2, 0.25) is 0 Å². The summed E-state index contributed by atoms with van der Waals surface area (Å²) in [5.74, 6) is 2.25. The summed E-state index contributed by atoms with van der Waals surface area (Å²) >= 11 is 0. The Morgan fingerprint density at radius 3 is 2.84 bits per heavy atom. The Hall–Kier alpha value is -3.21. The molecule has 1 aromatic carbocycles. The maximum atomic E-state index is 12.1. The van der Waals surface area contributed by atoms with Gasteiger partial charge in [-0.25, -0.2) is 9.78 Å². The van der Waals surface area contributed by atoms with Crippen molar-refractivity contribution in [1.29, 1.82) is 0 Å². The van der Waals surface area contributed by atoms with Crippen LogP contribution in [0.5, 0.6) is 0 Å². The summed E-state index contributed by atoms with van der Waals surface area (Å²) in [6.07, 6.45) is 7.28. The number of aromatic nitrogens is 2. The zero-order valence-corrected chi connectivity index (χ0v) is 13.7. The molecule has 0 unspecified atom stereocenters. The van der Waals surface area contributed by atoms with Crippen LogP contribution in [0.3, 0.4) is 0 Å². The van der Waals surface area contributed by atoms with Crippen LogP contribution in [0.15, 0.2) is 28.4 Å². The molecule has 1 amide bonds. The number of carbonyl (C=O) groups excluding carboxylic acids is 2. The van der Waals surface area contributed by atoms with Gasteiger partial charge >= 0.3 is 5.97 Å². The topological polar surface area (TPSA) is 109 Å². The molecule has 1 aromatic heterocycles. The number of carbonyl (C=O) groups is 2. The molecule has 0 radical (unpaired) electrons. The van der Waals surface area contributed by atoms with Crippen LogP contribution in [-0.4, -0.2) is 34.6 Å². The summed E-state index contributed by atoms with van der Waals surface area (Å²) < 4.78 is 4.68. The predicted molar refractivity (Wildman–Crippen MR) is 91.0 cm³/mol. The minimum atomic E-state index is -0.479. The van der Waals surface area contributed by atoms with E-state index in [4.69, 9.17) is 6.42 Å². The molecule has 25 heavy (non-hydrogen) atoms. The molecule has 0 saturated carbocycles. The Labute approximate surface area is 144 Å². The van der Waals surface area contributed by atoms with Crippen molar-refractivity contribution in [3.63, 3.8) is 0 Å². The van der Waals surface area contributed by atoms with Crippen molar-refractivity contribution in [2.24, 2.45) is 10.2 Å². The minimum absolute atomic E-state index is 0.190. The number of aromatic amines is 1. The van der Waals surface area contributed by atoms with Gasteiger partial charge in [-0.05, 0) is 18.2 Å². The number of terminal acetylenes is 1. The van der Waals surface area contributed by atoms with E-state index < -0.39 is 11.6 Å². The number of imidazole rings is 1. The van der Waals surface area contributed by atoms with E-state index in [9.17, 15) is 9.59 Å². The van der Waals surface area contributed by atoms with E-state index in [2.05, 4.69) is 36.2 Å². The first-order valence-corrected chi connectivity index (χ1v) is 7.81. The number of H-pyrrole nitrogens is 1. The second-order valence-corrected chi connectivity index (χ2v) is 5.74. The number of ether oxygens (including phenoxy) is 1. The lowest BCUT2D eigenvalue weighted by molar-refractivity contribution is -0.116. The fourth-order valence-electron chi connectivity index (χ4n) is 2.49. The van der Waals surface area contributed by atoms with Crippen molar-refractivity contribution in [3.05, 3.63) is 23.8 Å². The fraction of sp³-hybridized carbons (Fsp3) is 0.353.